The summed E-state index contributed by atoms with van der Waals surface area (Å²) in [6.07, 6.45) is 1.93. The van der Waals surface area contributed by atoms with Crippen LogP contribution in [0.3, 0.4) is 0 Å². The van der Waals surface area contributed by atoms with Gasteiger partial charge in [-0.25, -0.2) is 4.79 Å². The summed E-state index contributed by atoms with van der Waals surface area (Å²) in [5.74, 6) is 0. The number of hydrogen-bond donors (Lipinski definition) is 1. The SMILES string of the molecule is CCCNC(=O)N1CCCOCC1. The molecule has 76 valence electrons. The topological polar surface area (TPSA) is 41.6 Å². The van der Waals surface area contributed by atoms with Gasteiger partial charge in [-0.3, -0.25) is 0 Å². The Balaban J connectivity index is 2.26. The van der Waals surface area contributed by atoms with Crippen molar-refractivity contribution in [1.82, 2.24) is 10.2 Å². The Kier molecular flexibility index (Phi) is 4.60. The molecule has 4 nitrogen and oxygen atoms in total. The highest BCUT2D eigenvalue weighted by Crippen LogP contribution is 1.98. The summed E-state index contributed by atoms with van der Waals surface area (Å²) in [4.78, 5) is 13.3. The minimum Gasteiger partial charge on any atom is -0.380 e. The van der Waals surface area contributed by atoms with Crippen LogP contribution in [0.25, 0.3) is 0 Å². The molecule has 2 amide bonds. The number of ether oxygens (including phenoxy) is 1. The maximum atomic E-state index is 11.5. The van der Waals surface area contributed by atoms with Crippen molar-refractivity contribution in [1.29, 1.82) is 0 Å². The lowest BCUT2D eigenvalue weighted by Gasteiger charge is -2.19. The lowest BCUT2D eigenvalue weighted by Crippen LogP contribution is -2.41. The van der Waals surface area contributed by atoms with Crippen LogP contribution in [0.2, 0.25) is 0 Å². The summed E-state index contributed by atoms with van der Waals surface area (Å²) < 4.78 is 5.26. The Bertz CT molecular complexity index is 154. The molecular formula is C9H18N2O2. The molecule has 0 aromatic heterocycles. The molecule has 1 fully saturated rings. The monoisotopic (exact) mass is 186 g/mol. The molecule has 1 N–H and O–H groups in total. The zero-order valence-corrected chi connectivity index (χ0v) is 8.21. The maximum Gasteiger partial charge on any atom is 0.317 e. The number of nitrogens with one attached hydrogen (secondary N) is 1. The Morgan fingerprint density at radius 1 is 1.46 bits per heavy atom. The summed E-state index contributed by atoms with van der Waals surface area (Å²) in [5.41, 5.74) is 0. The molecule has 13 heavy (non-hydrogen) atoms. The molecule has 4 heteroatoms. The van der Waals surface area contributed by atoms with Gasteiger partial charge in [0, 0.05) is 26.2 Å². The van der Waals surface area contributed by atoms with Crippen molar-refractivity contribution in [3.8, 4) is 0 Å². The predicted molar refractivity (Wildman–Crippen MR) is 50.7 cm³/mol. The molecule has 0 aliphatic carbocycles. The molecule has 1 rings (SSSR count). The van der Waals surface area contributed by atoms with Gasteiger partial charge in [-0.1, -0.05) is 6.92 Å². The van der Waals surface area contributed by atoms with Gasteiger partial charge in [0.1, 0.15) is 0 Å². The number of carbonyl (C=O) groups excluding carboxylic acids is 1. The first-order valence-electron chi connectivity index (χ1n) is 4.95. The second-order valence-electron chi connectivity index (χ2n) is 3.18. The summed E-state index contributed by atoms with van der Waals surface area (Å²) >= 11 is 0. The van der Waals surface area contributed by atoms with E-state index in [0.717, 1.165) is 39.1 Å². The van der Waals surface area contributed by atoms with E-state index < -0.39 is 0 Å². The molecule has 1 aliphatic heterocycles. The van der Waals surface area contributed by atoms with E-state index in [4.69, 9.17) is 4.74 Å². The lowest BCUT2D eigenvalue weighted by atomic mass is 10.4. The van der Waals surface area contributed by atoms with Gasteiger partial charge in [0.05, 0.1) is 6.61 Å². The summed E-state index contributed by atoms with van der Waals surface area (Å²) in [6.45, 7) is 5.78. The highest BCUT2D eigenvalue weighted by molar-refractivity contribution is 5.74. The van der Waals surface area contributed by atoms with Crippen LogP contribution in [0, 0.1) is 0 Å². The van der Waals surface area contributed by atoms with Gasteiger partial charge in [-0.05, 0) is 12.8 Å². The molecule has 0 radical (unpaired) electrons. The summed E-state index contributed by atoms with van der Waals surface area (Å²) in [5, 5.41) is 2.86. The number of hydrogen-bond acceptors (Lipinski definition) is 2. The summed E-state index contributed by atoms with van der Waals surface area (Å²) in [6, 6.07) is 0.0485. The van der Waals surface area contributed by atoms with E-state index in [2.05, 4.69) is 5.32 Å². The standard InChI is InChI=1S/C9H18N2O2/c1-2-4-10-9(12)11-5-3-7-13-8-6-11/h2-8H2,1H3,(H,10,12). The van der Waals surface area contributed by atoms with E-state index in [9.17, 15) is 4.79 Å². The van der Waals surface area contributed by atoms with Crippen molar-refractivity contribution in [2.75, 3.05) is 32.8 Å². The van der Waals surface area contributed by atoms with Gasteiger partial charge in [0.25, 0.3) is 0 Å². The average molecular weight is 186 g/mol. The zero-order valence-electron chi connectivity index (χ0n) is 8.21. The van der Waals surface area contributed by atoms with Crippen LogP contribution in [0.1, 0.15) is 19.8 Å². The Labute approximate surface area is 79.2 Å². The third kappa shape index (κ3) is 3.63. The van der Waals surface area contributed by atoms with Crippen molar-refractivity contribution >= 4 is 6.03 Å². The van der Waals surface area contributed by atoms with E-state index in [1.807, 2.05) is 11.8 Å². The Morgan fingerprint density at radius 3 is 3.08 bits per heavy atom. The fourth-order valence-corrected chi connectivity index (χ4v) is 1.29. The van der Waals surface area contributed by atoms with Crippen molar-refractivity contribution < 1.29 is 9.53 Å². The summed E-state index contributed by atoms with van der Waals surface area (Å²) in [7, 11) is 0. The normalized spacial score (nSPS) is 18.1. The van der Waals surface area contributed by atoms with Gasteiger partial charge in [-0.15, -0.1) is 0 Å². The minimum absolute atomic E-state index is 0.0485. The average Bonchev–Trinajstić information content (AvgIpc) is 2.42. The molecular weight excluding hydrogens is 168 g/mol. The van der Waals surface area contributed by atoms with E-state index in [-0.39, 0.29) is 6.03 Å². The smallest absolute Gasteiger partial charge is 0.317 e. The number of carbonyl (C=O) groups is 1. The van der Waals surface area contributed by atoms with E-state index in [1.54, 1.807) is 0 Å². The molecule has 0 aromatic carbocycles. The predicted octanol–water partition coefficient (Wildman–Crippen LogP) is 0.828. The first-order chi connectivity index (χ1) is 6.34. The second-order valence-corrected chi connectivity index (χ2v) is 3.18. The van der Waals surface area contributed by atoms with Gasteiger partial charge >= 0.3 is 6.03 Å². The number of nitrogens with zero attached hydrogens (tertiary/aromatic N) is 1. The quantitative estimate of drug-likeness (QED) is 0.694. The minimum atomic E-state index is 0.0485. The molecule has 0 bridgehead atoms. The van der Waals surface area contributed by atoms with Crippen LogP contribution < -0.4 is 5.32 Å². The Hall–Kier alpha value is -0.770. The van der Waals surface area contributed by atoms with E-state index in [0.29, 0.717) is 6.61 Å². The first-order valence-corrected chi connectivity index (χ1v) is 4.95. The third-order valence-electron chi connectivity index (χ3n) is 2.04. The van der Waals surface area contributed by atoms with Crippen molar-refractivity contribution in [3.63, 3.8) is 0 Å². The van der Waals surface area contributed by atoms with Gasteiger partial charge in [0.2, 0.25) is 0 Å². The largest absolute Gasteiger partial charge is 0.380 e. The van der Waals surface area contributed by atoms with Crippen molar-refractivity contribution in [2.45, 2.75) is 19.8 Å². The van der Waals surface area contributed by atoms with Gasteiger partial charge in [-0.2, -0.15) is 0 Å². The molecule has 0 unspecified atom stereocenters. The van der Waals surface area contributed by atoms with Crippen LogP contribution >= 0.6 is 0 Å². The van der Waals surface area contributed by atoms with Crippen LogP contribution in [-0.2, 0) is 4.74 Å². The fourth-order valence-electron chi connectivity index (χ4n) is 1.29. The first kappa shape index (κ1) is 10.3. The van der Waals surface area contributed by atoms with Crippen LogP contribution in [0.4, 0.5) is 4.79 Å². The number of urea groups is 1. The highest BCUT2D eigenvalue weighted by atomic mass is 16.5. The maximum absolute atomic E-state index is 11.5. The molecule has 0 saturated carbocycles. The number of amides is 2. The van der Waals surface area contributed by atoms with Gasteiger partial charge in [0.15, 0.2) is 0 Å². The van der Waals surface area contributed by atoms with Gasteiger partial charge < -0.3 is 15.0 Å². The molecule has 0 spiro atoms. The zero-order chi connectivity index (χ0) is 9.52. The molecule has 1 saturated heterocycles. The molecule has 0 atom stereocenters. The van der Waals surface area contributed by atoms with Crippen LogP contribution in [-0.4, -0.2) is 43.8 Å². The highest BCUT2D eigenvalue weighted by Gasteiger charge is 2.14. The lowest BCUT2D eigenvalue weighted by molar-refractivity contribution is 0.142. The number of rotatable bonds is 2. The molecule has 1 aliphatic rings. The van der Waals surface area contributed by atoms with Crippen LogP contribution in [0.5, 0.6) is 0 Å². The Morgan fingerprint density at radius 2 is 2.31 bits per heavy atom. The van der Waals surface area contributed by atoms with Crippen molar-refractivity contribution in [3.05, 3.63) is 0 Å². The molecule has 0 aromatic rings. The van der Waals surface area contributed by atoms with E-state index in [1.165, 1.54) is 0 Å². The second kappa shape index (κ2) is 5.80. The fraction of sp³-hybridized carbons (Fsp3) is 0.889. The van der Waals surface area contributed by atoms with Crippen molar-refractivity contribution in [2.24, 2.45) is 0 Å². The molecule has 1 heterocycles. The van der Waals surface area contributed by atoms with Crippen LogP contribution in [0.15, 0.2) is 0 Å². The third-order valence-corrected chi connectivity index (χ3v) is 2.04. The van der Waals surface area contributed by atoms with E-state index >= 15 is 0 Å².